The molecule has 1 N–H and O–H groups in total. The molecular weight excluding hydrogens is 352 g/mol. The van der Waals surface area contributed by atoms with Crippen molar-refractivity contribution >= 4 is 10.9 Å². The summed E-state index contributed by atoms with van der Waals surface area (Å²) < 4.78 is 1.94. The lowest BCUT2D eigenvalue weighted by atomic mass is 9.93. The van der Waals surface area contributed by atoms with Crippen LogP contribution in [0.1, 0.15) is 42.0 Å². The number of piperidine rings is 1. The highest BCUT2D eigenvalue weighted by atomic mass is 16.1. The summed E-state index contributed by atoms with van der Waals surface area (Å²) in [4.78, 5) is 33.7. The van der Waals surface area contributed by atoms with Crippen molar-refractivity contribution < 1.29 is 0 Å². The van der Waals surface area contributed by atoms with Crippen LogP contribution < -0.4 is 11.1 Å². The molecule has 28 heavy (non-hydrogen) atoms. The molecular formula is C22H24N4O2. The molecule has 1 saturated heterocycles. The van der Waals surface area contributed by atoms with Crippen molar-refractivity contribution in [3.05, 3.63) is 74.2 Å². The number of likely N-dealkylation sites (tertiary alicyclic amines) is 1. The zero-order chi connectivity index (χ0) is 19.1. The summed E-state index contributed by atoms with van der Waals surface area (Å²) in [6, 6.07) is 9.85. The van der Waals surface area contributed by atoms with Crippen molar-refractivity contribution in [3.63, 3.8) is 0 Å². The zero-order valence-corrected chi connectivity index (χ0v) is 15.9. The number of rotatable bonds is 3. The molecule has 6 nitrogen and oxygen atoms in total. The number of para-hydroxylation sites is 1. The maximum Gasteiger partial charge on any atom is 0.251 e. The third-order valence-corrected chi connectivity index (χ3v) is 6.14. The van der Waals surface area contributed by atoms with Gasteiger partial charge in [-0.1, -0.05) is 18.2 Å². The molecule has 2 aliphatic rings. The Morgan fingerprint density at radius 2 is 2.07 bits per heavy atom. The standard InChI is InChI=1S/C22H24N4O2/c27-20-11-19(23-14-24-20)16-6-2-8-25(12-16)13-17-10-21(28)26-9-3-5-15-4-1-7-18(17)22(15)26/h1,4,7,10-11,14,16H,2-3,5-6,8-9,12-13H2,(H,23,24,27). The van der Waals surface area contributed by atoms with Gasteiger partial charge in [-0.3, -0.25) is 14.5 Å². The van der Waals surface area contributed by atoms with Gasteiger partial charge in [-0.05, 0) is 43.4 Å². The van der Waals surface area contributed by atoms with E-state index < -0.39 is 0 Å². The molecule has 1 atom stereocenters. The predicted molar refractivity (Wildman–Crippen MR) is 109 cm³/mol. The lowest BCUT2D eigenvalue weighted by molar-refractivity contribution is 0.199. The first-order valence-electron chi connectivity index (χ1n) is 10.1. The minimum absolute atomic E-state index is 0.0984. The number of hydrogen-bond acceptors (Lipinski definition) is 4. The van der Waals surface area contributed by atoms with Crippen LogP contribution in [0, 0.1) is 0 Å². The molecule has 1 aromatic carbocycles. The first-order valence-corrected chi connectivity index (χ1v) is 10.1. The van der Waals surface area contributed by atoms with E-state index in [0.717, 1.165) is 68.6 Å². The fraction of sp³-hybridized carbons (Fsp3) is 0.409. The number of H-pyrrole nitrogens is 1. The second kappa shape index (κ2) is 7.02. The van der Waals surface area contributed by atoms with Crippen LogP contribution in [0.2, 0.25) is 0 Å². The summed E-state index contributed by atoms with van der Waals surface area (Å²) in [5.74, 6) is 0.261. The minimum Gasteiger partial charge on any atom is -0.313 e. The van der Waals surface area contributed by atoms with Crippen LogP contribution in [-0.4, -0.2) is 32.5 Å². The number of nitrogens with one attached hydrogen (secondary N) is 1. The van der Waals surface area contributed by atoms with Gasteiger partial charge in [0.1, 0.15) is 0 Å². The Morgan fingerprint density at radius 1 is 1.14 bits per heavy atom. The Balaban J connectivity index is 1.47. The van der Waals surface area contributed by atoms with Crippen molar-refractivity contribution in [2.24, 2.45) is 0 Å². The van der Waals surface area contributed by atoms with Crippen molar-refractivity contribution in [2.75, 3.05) is 13.1 Å². The van der Waals surface area contributed by atoms with Crippen LogP contribution in [0.25, 0.3) is 10.9 Å². The van der Waals surface area contributed by atoms with Crippen molar-refractivity contribution in [1.82, 2.24) is 19.4 Å². The highest BCUT2D eigenvalue weighted by Crippen LogP contribution is 2.29. The molecule has 0 bridgehead atoms. The van der Waals surface area contributed by atoms with E-state index >= 15 is 0 Å². The SMILES string of the molecule is O=c1cc(C2CCCN(Cc3cc(=O)n4c5c(cccc35)CCC4)C2)nc[nH]1. The number of pyridine rings is 1. The van der Waals surface area contributed by atoms with Gasteiger partial charge in [0.25, 0.3) is 11.1 Å². The minimum atomic E-state index is -0.0984. The van der Waals surface area contributed by atoms with Gasteiger partial charge in [-0.25, -0.2) is 4.98 Å². The fourth-order valence-corrected chi connectivity index (χ4v) is 4.85. The molecule has 0 aliphatic carbocycles. The molecule has 144 valence electrons. The topological polar surface area (TPSA) is 71.0 Å². The molecule has 5 rings (SSSR count). The first kappa shape index (κ1) is 17.4. The Bertz CT molecular complexity index is 1150. The molecule has 2 aliphatic heterocycles. The van der Waals surface area contributed by atoms with Gasteiger partial charge in [0.2, 0.25) is 0 Å². The zero-order valence-electron chi connectivity index (χ0n) is 15.9. The van der Waals surface area contributed by atoms with E-state index in [0.29, 0.717) is 0 Å². The highest BCUT2D eigenvalue weighted by molar-refractivity contribution is 5.86. The van der Waals surface area contributed by atoms with Crippen molar-refractivity contribution in [2.45, 2.75) is 44.7 Å². The number of hydrogen-bond donors (Lipinski definition) is 1. The number of nitrogens with zero attached hydrogens (tertiary/aromatic N) is 3. The van der Waals surface area contributed by atoms with Crippen molar-refractivity contribution in [1.29, 1.82) is 0 Å². The lowest BCUT2D eigenvalue weighted by Crippen LogP contribution is -2.35. The van der Waals surface area contributed by atoms with Crippen LogP contribution in [0.5, 0.6) is 0 Å². The van der Waals surface area contributed by atoms with E-state index in [9.17, 15) is 9.59 Å². The van der Waals surface area contributed by atoms with E-state index in [1.807, 2.05) is 10.6 Å². The summed E-state index contributed by atoms with van der Waals surface area (Å²) in [6.45, 7) is 3.44. The molecule has 2 aromatic heterocycles. The Morgan fingerprint density at radius 3 is 2.96 bits per heavy atom. The van der Waals surface area contributed by atoms with Gasteiger partial charge >= 0.3 is 0 Å². The molecule has 0 amide bonds. The predicted octanol–water partition coefficient (Wildman–Crippen LogP) is 2.41. The Kier molecular flexibility index (Phi) is 4.36. The molecule has 0 radical (unpaired) electrons. The monoisotopic (exact) mass is 376 g/mol. The molecule has 1 fully saturated rings. The van der Waals surface area contributed by atoms with E-state index in [4.69, 9.17) is 0 Å². The van der Waals surface area contributed by atoms with Gasteiger partial charge in [-0.2, -0.15) is 0 Å². The van der Waals surface area contributed by atoms with Crippen LogP contribution >= 0.6 is 0 Å². The summed E-state index contributed by atoms with van der Waals surface area (Å²) in [5.41, 5.74) is 4.40. The summed E-state index contributed by atoms with van der Waals surface area (Å²) in [6.07, 6.45) is 5.67. The summed E-state index contributed by atoms with van der Waals surface area (Å²) in [5, 5.41) is 1.20. The number of benzene rings is 1. The highest BCUT2D eigenvalue weighted by Gasteiger charge is 2.24. The van der Waals surface area contributed by atoms with Crippen LogP contribution in [0.3, 0.4) is 0 Å². The van der Waals surface area contributed by atoms with Gasteiger partial charge in [0, 0.05) is 43.1 Å². The number of aryl methyl sites for hydroxylation is 2. The van der Waals surface area contributed by atoms with Gasteiger partial charge in [0.15, 0.2) is 0 Å². The number of aromatic amines is 1. The third kappa shape index (κ3) is 3.07. The molecule has 0 saturated carbocycles. The Hall–Kier alpha value is -2.73. The van der Waals surface area contributed by atoms with E-state index in [2.05, 4.69) is 33.1 Å². The van der Waals surface area contributed by atoms with Gasteiger partial charge < -0.3 is 9.55 Å². The second-order valence-corrected chi connectivity index (χ2v) is 7.99. The summed E-state index contributed by atoms with van der Waals surface area (Å²) in [7, 11) is 0. The maximum absolute atomic E-state index is 12.7. The van der Waals surface area contributed by atoms with Gasteiger partial charge in [-0.15, -0.1) is 0 Å². The Labute approximate surface area is 162 Å². The second-order valence-electron chi connectivity index (χ2n) is 7.99. The first-order chi connectivity index (χ1) is 13.7. The van der Waals surface area contributed by atoms with Gasteiger partial charge in [0.05, 0.1) is 17.5 Å². The molecule has 1 unspecified atom stereocenters. The van der Waals surface area contributed by atoms with E-state index in [1.54, 1.807) is 6.07 Å². The van der Waals surface area contributed by atoms with Crippen LogP contribution in [0.15, 0.2) is 46.2 Å². The number of aromatic nitrogens is 3. The van der Waals surface area contributed by atoms with Crippen molar-refractivity contribution in [3.8, 4) is 0 Å². The average molecular weight is 376 g/mol. The van der Waals surface area contributed by atoms with Crippen LogP contribution in [0.4, 0.5) is 0 Å². The quantitative estimate of drug-likeness (QED) is 0.762. The van der Waals surface area contributed by atoms with E-state index in [-0.39, 0.29) is 17.0 Å². The smallest absolute Gasteiger partial charge is 0.251 e. The third-order valence-electron chi connectivity index (χ3n) is 6.14. The molecule has 0 spiro atoms. The average Bonchev–Trinajstić information content (AvgIpc) is 2.72. The van der Waals surface area contributed by atoms with Crippen LogP contribution in [-0.2, 0) is 19.5 Å². The fourth-order valence-electron chi connectivity index (χ4n) is 4.85. The molecule has 4 heterocycles. The lowest BCUT2D eigenvalue weighted by Gasteiger charge is -2.33. The normalized spacial score (nSPS) is 19.8. The molecule has 3 aromatic rings. The largest absolute Gasteiger partial charge is 0.313 e. The summed E-state index contributed by atoms with van der Waals surface area (Å²) >= 11 is 0. The molecule has 6 heteroatoms. The van der Waals surface area contributed by atoms with E-state index in [1.165, 1.54) is 17.3 Å². The maximum atomic E-state index is 12.7.